The normalized spacial score (nSPS) is 10.4. The van der Waals surface area contributed by atoms with E-state index in [9.17, 15) is 4.79 Å². The van der Waals surface area contributed by atoms with Crippen LogP contribution in [0.25, 0.3) is 0 Å². The summed E-state index contributed by atoms with van der Waals surface area (Å²) < 4.78 is 5.66. The van der Waals surface area contributed by atoms with Gasteiger partial charge < -0.3 is 9.84 Å². The smallest absolute Gasteiger partial charge is 0.303 e. The monoisotopic (exact) mass is 291 g/mol. The van der Waals surface area contributed by atoms with Gasteiger partial charge in [-0.25, -0.2) is 4.98 Å². The summed E-state index contributed by atoms with van der Waals surface area (Å²) in [5.74, 6) is 0.0386. The van der Waals surface area contributed by atoms with Crippen LogP contribution in [0.5, 0.6) is 5.75 Å². The van der Waals surface area contributed by atoms with Gasteiger partial charge in [-0.1, -0.05) is 19.1 Å². The van der Waals surface area contributed by atoms with Gasteiger partial charge in [0.05, 0.1) is 6.42 Å². The topological polar surface area (TPSA) is 59.4 Å². The van der Waals surface area contributed by atoms with Gasteiger partial charge in [0.1, 0.15) is 17.4 Å². The zero-order valence-electron chi connectivity index (χ0n) is 11.3. The minimum atomic E-state index is -0.785. The number of carbonyl (C=O) groups is 1. The first kappa shape index (κ1) is 14.5. The third-order valence-corrected chi connectivity index (χ3v) is 3.91. The molecule has 1 aromatic heterocycles. The molecule has 0 bridgehead atoms. The summed E-state index contributed by atoms with van der Waals surface area (Å²) in [7, 11) is 0. The molecule has 5 heteroatoms. The van der Waals surface area contributed by atoms with Crippen LogP contribution in [0.4, 0.5) is 0 Å². The summed E-state index contributed by atoms with van der Waals surface area (Å²) >= 11 is 1.50. The predicted octanol–water partition coefficient (Wildman–Crippen LogP) is 3.30. The summed E-state index contributed by atoms with van der Waals surface area (Å²) in [5.41, 5.74) is 1.28. The fourth-order valence-electron chi connectivity index (χ4n) is 1.73. The lowest BCUT2D eigenvalue weighted by Crippen LogP contribution is -1.95. The van der Waals surface area contributed by atoms with E-state index in [-0.39, 0.29) is 6.42 Å². The SMILES string of the molecule is CCc1ccc(OCc2ncc(CCC(=O)O)s2)cc1. The molecule has 106 valence electrons. The highest BCUT2D eigenvalue weighted by Gasteiger charge is 2.05. The standard InChI is InChI=1S/C15H17NO3S/c1-2-11-3-5-12(6-4-11)19-10-14-16-9-13(20-14)7-8-15(17)18/h3-6,9H,2,7-8,10H2,1H3,(H,17,18). The van der Waals surface area contributed by atoms with Gasteiger partial charge in [0.2, 0.25) is 0 Å². The Morgan fingerprint density at radius 3 is 2.75 bits per heavy atom. The number of hydrogen-bond donors (Lipinski definition) is 1. The van der Waals surface area contributed by atoms with Gasteiger partial charge in [0.15, 0.2) is 0 Å². The lowest BCUT2D eigenvalue weighted by Gasteiger charge is -2.04. The Morgan fingerprint density at radius 1 is 1.35 bits per heavy atom. The number of hydrogen-bond acceptors (Lipinski definition) is 4. The van der Waals surface area contributed by atoms with Crippen molar-refractivity contribution in [1.29, 1.82) is 0 Å². The Kier molecular flexibility index (Phi) is 5.12. The van der Waals surface area contributed by atoms with E-state index >= 15 is 0 Å². The average Bonchev–Trinajstić information content (AvgIpc) is 2.91. The van der Waals surface area contributed by atoms with Gasteiger partial charge in [0.25, 0.3) is 0 Å². The fraction of sp³-hybridized carbons (Fsp3) is 0.333. The molecule has 0 saturated heterocycles. The molecule has 1 N–H and O–H groups in total. The van der Waals surface area contributed by atoms with Crippen LogP contribution in [-0.2, 0) is 24.2 Å². The Balaban J connectivity index is 1.85. The summed E-state index contributed by atoms with van der Waals surface area (Å²) in [6.07, 6.45) is 3.41. The molecule has 0 atom stereocenters. The van der Waals surface area contributed by atoms with Crippen molar-refractivity contribution >= 4 is 17.3 Å². The Morgan fingerprint density at radius 2 is 2.10 bits per heavy atom. The molecular weight excluding hydrogens is 274 g/mol. The average molecular weight is 291 g/mol. The summed E-state index contributed by atoms with van der Waals surface area (Å²) in [6, 6.07) is 8.01. The third kappa shape index (κ3) is 4.35. The highest BCUT2D eigenvalue weighted by atomic mass is 32.1. The third-order valence-electron chi connectivity index (χ3n) is 2.88. The quantitative estimate of drug-likeness (QED) is 0.850. The Hall–Kier alpha value is -1.88. The highest BCUT2D eigenvalue weighted by molar-refractivity contribution is 7.11. The van der Waals surface area contributed by atoms with E-state index in [0.717, 1.165) is 22.1 Å². The van der Waals surface area contributed by atoms with Crippen LogP contribution in [0, 0.1) is 0 Å². The number of thiazole rings is 1. The maximum Gasteiger partial charge on any atom is 0.303 e. The van der Waals surface area contributed by atoms with Crippen LogP contribution in [0.3, 0.4) is 0 Å². The van der Waals surface area contributed by atoms with Gasteiger partial charge >= 0.3 is 5.97 Å². The van der Waals surface area contributed by atoms with Gasteiger partial charge in [-0.15, -0.1) is 11.3 Å². The Bertz CT molecular complexity index is 563. The largest absolute Gasteiger partial charge is 0.486 e. The molecule has 1 aromatic carbocycles. The molecular formula is C15H17NO3S. The number of aryl methyl sites for hydroxylation is 2. The van der Waals surface area contributed by atoms with Crippen molar-refractivity contribution in [1.82, 2.24) is 4.98 Å². The number of carboxylic acids is 1. The molecule has 4 nitrogen and oxygen atoms in total. The van der Waals surface area contributed by atoms with E-state index in [1.807, 2.05) is 12.1 Å². The van der Waals surface area contributed by atoms with Crippen LogP contribution in [0.1, 0.15) is 28.8 Å². The van der Waals surface area contributed by atoms with Crippen molar-refractivity contribution in [2.45, 2.75) is 32.8 Å². The van der Waals surface area contributed by atoms with E-state index in [1.165, 1.54) is 16.9 Å². The van der Waals surface area contributed by atoms with Crippen LogP contribution < -0.4 is 4.74 Å². The highest BCUT2D eigenvalue weighted by Crippen LogP contribution is 2.18. The van der Waals surface area contributed by atoms with Gasteiger partial charge in [-0.2, -0.15) is 0 Å². The van der Waals surface area contributed by atoms with E-state index in [4.69, 9.17) is 9.84 Å². The van der Waals surface area contributed by atoms with E-state index in [1.54, 1.807) is 6.20 Å². The summed E-state index contributed by atoms with van der Waals surface area (Å²) in [6.45, 7) is 2.54. The second kappa shape index (κ2) is 7.05. The zero-order chi connectivity index (χ0) is 14.4. The fourth-order valence-corrected chi connectivity index (χ4v) is 2.56. The molecule has 0 amide bonds. The van der Waals surface area contributed by atoms with Crippen molar-refractivity contribution in [3.8, 4) is 5.75 Å². The minimum Gasteiger partial charge on any atom is -0.486 e. The molecule has 1 heterocycles. The molecule has 0 spiro atoms. The number of aliphatic carboxylic acids is 1. The number of nitrogens with zero attached hydrogens (tertiary/aromatic N) is 1. The molecule has 2 rings (SSSR count). The number of carboxylic acid groups (broad SMARTS) is 1. The molecule has 20 heavy (non-hydrogen) atoms. The molecule has 0 radical (unpaired) electrons. The van der Waals surface area contributed by atoms with Crippen molar-refractivity contribution in [3.63, 3.8) is 0 Å². The number of aromatic nitrogens is 1. The van der Waals surface area contributed by atoms with E-state index in [2.05, 4.69) is 24.0 Å². The van der Waals surface area contributed by atoms with Gasteiger partial charge in [0, 0.05) is 11.1 Å². The van der Waals surface area contributed by atoms with E-state index < -0.39 is 5.97 Å². The van der Waals surface area contributed by atoms with Crippen molar-refractivity contribution in [2.24, 2.45) is 0 Å². The molecule has 0 aliphatic carbocycles. The number of ether oxygens (including phenoxy) is 1. The first-order valence-electron chi connectivity index (χ1n) is 6.54. The maximum absolute atomic E-state index is 10.5. The second-order valence-corrected chi connectivity index (χ2v) is 5.60. The summed E-state index contributed by atoms with van der Waals surface area (Å²) in [4.78, 5) is 15.7. The molecule has 0 fully saturated rings. The first-order chi connectivity index (χ1) is 9.67. The summed E-state index contributed by atoms with van der Waals surface area (Å²) in [5, 5.41) is 9.50. The molecule has 0 aliphatic heterocycles. The predicted molar refractivity (Wildman–Crippen MR) is 78.2 cm³/mol. The minimum absolute atomic E-state index is 0.140. The van der Waals surface area contributed by atoms with Crippen LogP contribution in [0.2, 0.25) is 0 Å². The van der Waals surface area contributed by atoms with Gasteiger partial charge in [-0.05, 0) is 30.5 Å². The Labute approximate surface area is 122 Å². The molecule has 0 saturated carbocycles. The van der Waals surface area contributed by atoms with Crippen molar-refractivity contribution in [3.05, 3.63) is 45.9 Å². The number of benzene rings is 1. The second-order valence-electron chi connectivity index (χ2n) is 4.40. The van der Waals surface area contributed by atoms with Gasteiger partial charge in [-0.3, -0.25) is 4.79 Å². The zero-order valence-corrected chi connectivity index (χ0v) is 12.2. The molecule has 2 aromatic rings. The van der Waals surface area contributed by atoms with E-state index in [0.29, 0.717) is 13.0 Å². The van der Waals surface area contributed by atoms with Crippen LogP contribution in [-0.4, -0.2) is 16.1 Å². The number of rotatable bonds is 7. The lowest BCUT2D eigenvalue weighted by molar-refractivity contribution is -0.136. The van der Waals surface area contributed by atoms with Crippen LogP contribution >= 0.6 is 11.3 Å². The first-order valence-corrected chi connectivity index (χ1v) is 7.36. The van der Waals surface area contributed by atoms with Crippen LogP contribution in [0.15, 0.2) is 30.5 Å². The molecule has 0 unspecified atom stereocenters. The van der Waals surface area contributed by atoms with Crippen molar-refractivity contribution in [2.75, 3.05) is 0 Å². The maximum atomic E-state index is 10.5. The molecule has 0 aliphatic rings. The van der Waals surface area contributed by atoms with Crippen molar-refractivity contribution < 1.29 is 14.6 Å². The lowest BCUT2D eigenvalue weighted by atomic mass is 10.2.